The van der Waals surface area contributed by atoms with Gasteiger partial charge in [-0.15, -0.1) is 5.10 Å². The van der Waals surface area contributed by atoms with E-state index in [9.17, 15) is 13.2 Å². The number of nitrogens with one attached hydrogen (secondary N) is 1. The first-order chi connectivity index (χ1) is 14.8. The third-order valence-corrected chi connectivity index (χ3v) is 6.15. The third kappa shape index (κ3) is 3.77. The average molecular weight is 436 g/mol. The standard InChI is InChI=1S/C20H23F3N6O2/c1-11-8-16(31-27-11)28-9-13-5-6-14(10-28)17(13)24-19-25-18-15(4-3-7-29(18)26-19)30-12(2)20(21,22)23/h3-4,7-8,12-14,17H,5-6,9-10H2,1-2H3,(H,24,26)/t12?,13-,14+,17?. The molecule has 166 valence electrons. The number of halogens is 3. The lowest BCUT2D eigenvalue weighted by molar-refractivity contribution is -0.189. The Balaban J connectivity index is 1.33. The first-order valence-electron chi connectivity index (χ1n) is 10.3. The number of rotatable bonds is 5. The van der Waals surface area contributed by atoms with E-state index in [4.69, 9.17) is 9.26 Å². The Bertz CT molecular complexity index is 1070. The Morgan fingerprint density at radius 3 is 2.65 bits per heavy atom. The Morgan fingerprint density at radius 2 is 2.00 bits per heavy atom. The van der Waals surface area contributed by atoms with Crippen molar-refractivity contribution in [1.29, 1.82) is 0 Å². The monoisotopic (exact) mass is 436 g/mol. The third-order valence-electron chi connectivity index (χ3n) is 6.15. The van der Waals surface area contributed by atoms with Gasteiger partial charge in [-0.2, -0.15) is 18.2 Å². The van der Waals surface area contributed by atoms with E-state index in [2.05, 4.69) is 25.5 Å². The smallest absolute Gasteiger partial charge is 0.425 e. The molecule has 0 aromatic carbocycles. The summed E-state index contributed by atoms with van der Waals surface area (Å²) in [7, 11) is 0. The lowest BCUT2D eigenvalue weighted by atomic mass is 9.92. The lowest BCUT2D eigenvalue weighted by Gasteiger charge is -2.37. The van der Waals surface area contributed by atoms with Crippen LogP contribution in [0.15, 0.2) is 28.9 Å². The number of ether oxygens (including phenoxy) is 1. The summed E-state index contributed by atoms with van der Waals surface area (Å²) in [6, 6.07) is 5.19. The van der Waals surface area contributed by atoms with Crippen LogP contribution in [0.25, 0.3) is 5.65 Å². The minimum Gasteiger partial charge on any atom is -0.477 e. The van der Waals surface area contributed by atoms with Gasteiger partial charge in [0.05, 0.1) is 5.69 Å². The highest BCUT2D eigenvalue weighted by molar-refractivity contribution is 5.56. The second kappa shape index (κ2) is 7.31. The van der Waals surface area contributed by atoms with Crippen molar-refractivity contribution in [3.63, 3.8) is 0 Å². The molecule has 1 aliphatic carbocycles. The summed E-state index contributed by atoms with van der Waals surface area (Å²) < 4.78 is 50.7. The van der Waals surface area contributed by atoms with Crippen molar-refractivity contribution in [2.45, 2.75) is 45.0 Å². The quantitative estimate of drug-likeness (QED) is 0.654. The molecular weight excluding hydrogens is 413 g/mol. The minimum atomic E-state index is -4.46. The molecule has 1 aliphatic heterocycles. The molecule has 1 saturated heterocycles. The average Bonchev–Trinajstić information content (AvgIpc) is 3.38. The fourth-order valence-electron chi connectivity index (χ4n) is 4.58. The first-order valence-corrected chi connectivity index (χ1v) is 10.3. The normalized spacial score (nSPS) is 24.5. The van der Waals surface area contributed by atoms with Crippen LogP contribution in [0.2, 0.25) is 0 Å². The summed E-state index contributed by atoms with van der Waals surface area (Å²) in [5.74, 6) is 2.00. The molecule has 2 bridgehead atoms. The maximum absolute atomic E-state index is 12.9. The summed E-state index contributed by atoms with van der Waals surface area (Å²) in [6.45, 7) is 4.56. The van der Waals surface area contributed by atoms with Crippen molar-refractivity contribution in [2.24, 2.45) is 11.8 Å². The highest BCUT2D eigenvalue weighted by Gasteiger charge is 2.43. The predicted octanol–water partition coefficient (Wildman–Crippen LogP) is 3.68. The molecule has 3 aromatic rings. The van der Waals surface area contributed by atoms with Gasteiger partial charge in [-0.05, 0) is 50.7 Å². The van der Waals surface area contributed by atoms with E-state index in [0.717, 1.165) is 44.4 Å². The zero-order valence-corrected chi connectivity index (χ0v) is 17.1. The van der Waals surface area contributed by atoms with Gasteiger partial charge in [-0.1, -0.05) is 5.16 Å². The highest BCUT2D eigenvalue weighted by atomic mass is 19.4. The second-order valence-corrected chi connectivity index (χ2v) is 8.36. The van der Waals surface area contributed by atoms with Gasteiger partial charge in [-0.3, -0.25) is 0 Å². The number of pyridine rings is 1. The summed E-state index contributed by atoms with van der Waals surface area (Å²) in [4.78, 5) is 6.65. The zero-order valence-electron chi connectivity index (χ0n) is 17.1. The maximum Gasteiger partial charge on any atom is 0.425 e. The van der Waals surface area contributed by atoms with Crippen LogP contribution in [0, 0.1) is 18.8 Å². The van der Waals surface area contributed by atoms with Gasteiger partial charge in [0.15, 0.2) is 17.5 Å². The van der Waals surface area contributed by atoms with Crippen molar-refractivity contribution in [3.8, 4) is 5.75 Å². The predicted molar refractivity (Wildman–Crippen MR) is 106 cm³/mol. The summed E-state index contributed by atoms with van der Waals surface area (Å²) >= 11 is 0. The van der Waals surface area contributed by atoms with E-state index in [-0.39, 0.29) is 17.4 Å². The Morgan fingerprint density at radius 1 is 1.26 bits per heavy atom. The fourth-order valence-corrected chi connectivity index (χ4v) is 4.58. The molecule has 4 heterocycles. The number of piperidine rings is 1. The largest absolute Gasteiger partial charge is 0.477 e. The lowest BCUT2D eigenvalue weighted by Crippen LogP contribution is -2.48. The molecule has 4 atom stereocenters. The summed E-state index contributed by atoms with van der Waals surface area (Å²) in [5.41, 5.74) is 1.11. The zero-order chi connectivity index (χ0) is 21.8. The molecule has 2 fully saturated rings. The summed E-state index contributed by atoms with van der Waals surface area (Å²) in [5, 5.41) is 11.8. The number of hydrogen-bond donors (Lipinski definition) is 1. The van der Waals surface area contributed by atoms with Crippen LogP contribution in [0.4, 0.5) is 25.0 Å². The van der Waals surface area contributed by atoms with Crippen LogP contribution in [-0.2, 0) is 0 Å². The molecule has 0 spiro atoms. The highest BCUT2D eigenvalue weighted by Crippen LogP contribution is 2.40. The molecule has 5 rings (SSSR count). The van der Waals surface area contributed by atoms with Crippen molar-refractivity contribution in [1.82, 2.24) is 19.8 Å². The molecule has 31 heavy (non-hydrogen) atoms. The Hall–Kier alpha value is -2.98. The number of hydrogen-bond acceptors (Lipinski definition) is 7. The van der Waals surface area contributed by atoms with Crippen molar-refractivity contribution in [2.75, 3.05) is 23.3 Å². The van der Waals surface area contributed by atoms with Gasteiger partial charge in [-0.25, -0.2) is 4.52 Å². The van der Waals surface area contributed by atoms with Crippen LogP contribution in [-0.4, -0.2) is 51.2 Å². The number of anilines is 2. The molecule has 0 amide bonds. The van der Waals surface area contributed by atoms with E-state index in [0.29, 0.717) is 17.8 Å². The number of fused-ring (bicyclic) bond motifs is 3. The molecule has 0 radical (unpaired) electrons. The van der Waals surface area contributed by atoms with Gasteiger partial charge in [0.2, 0.25) is 11.8 Å². The van der Waals surface area contributed by atoms with Crippen LogP contribution < -0.4 is 15.0 Å². The molecule has 8 nitrogen and oxygen atoms in total. The van der Waals surface area contributed by atoms with Crippen LogP contribution in [0.1, 0.15) is 25.5 Å². The van der Waals surface area contributed by atoms with Gasteiger partial charge < -0.3 is 19.5 Å². The van der Waals surface area contributed by atoms with Gasteiger partial charge >= 0.3 is 6.18 Å². The van der Waals surface area contributed by atoms with E-state index >= 15 is 0 Å². The number of aryl methyl sites for hydroxylation is 1. The van der Waals surface area contributed by atoms with Crippen LogP contribution >= 0.6 is 0 Å². The molecule has 1 N–H and O–H groups in total. The molecule has 3 aromatic heterocycles. The topological polar surface area (TPSA) is 80.7 Å². The molecule has 2 unspecified atom stereocenters. The Labute approximate surface area is 176 Å². The van der Waals surface area contributed by atoms with E-state index in [1.165, 1.54) is 10.6 Å². The van der Waals surface area contributed by atoms with Crippen LogP contribution in [0.3, 0.4) is 0 Å². The number of aromatic nitrogens is 4. The fraction of sp³-hybridized carbons (Fsp3) is 0.550. The molecule has 1 saturated carbocycles. The van der Waals surface area contributed by atoms with E-state index in [1.54, 1.807) is 12.3 Å². The second-order valence-electron chi connectivity index (χ2n) is 8.36. The minimum absolute atomic E-state index is 0.0476. The molecular formula is C20H23F3N6O2. The SMILES string of the molecule is Cc1cc(N2C[C@H]3CC[C@@H](C2)C3Nc2nc3c(OC(C)C(F)(F)F)cccn3n2)on1. The number of alkyl halides is 3. The molecule has 11 heteroatoms. The summed E-state index contributed by atoms with van der Waals surface area (Å²) in [6.07, 6.45) is -2.59. The van der Waals surface area contributed by atoms with Crippen molar-refractivity contribution >= 4 is 17.5 Å². The van der Waals surface area contributed by atoms with Crippen molar-refractivity contribution in [3.05, 3.63) is 30.1 Å². The number of nitrogens with zero attached hydrogens (tertiary/aromatic N) is 5. The van der Waals surface area contributed by atoms with Crippen LogP contribution in [0.5, 0.6) is 5.75 Å². The van der Waals surface area contributed by atoms with Gasteiger partial charge in [0, 0.05) is 31.4 Å². The van der Waals surface area contributed by atoms with Gasteiger partial charge in [0.25, 0.3) is 0 Å². The Kier molecular flexibility index (Phi) is 4.71. The first kappa shape index (κ1) is 20.0. The van der Waals surface area contributed by atoms with Gasteiger partial charge in [0.1, 0.15) is 0 Å². The maximum atomic E-state index is 12.9. The van der Waals surface area contributed by atoms with E-state index < -0.39 is 12.3 Å². The van der Waals surface area contributed by atoms with E-state index in [1.807, 2.05) is 13.0 Å². The van der Waals surface area contributed by atoms with Crippen molar-refractivity contribution < 1.29 is 22.4 Å². The molecule has 2 aliphatic rings.